The Balaban J connectivity index is 2.25. The monoisotopic (exact) mass is 376 g/mol. The lowest BCUT2D eigenvalue weighted by Gasteiger charge is -2.10. The van der Waals surface area contributed by atoms with E-state index in [0.717, 1.165) is 24.3 Å². The van der Waals surface area contributed by atoms with Crippen molar-refractivity contribution >= 4 is 18.4 Å². The molecule has 0 radical (unpaired) electrons. The zero-order valence-electron chi connectivity index (χ0n) is 12.8. The van der Waals surface area contributed by atoms with Crippen LogP contribution in [0, 0.1) is 0 Å². The molecular weight excluding hydrogens is 366 g/mol. The lowest BCUT2D eigenvalue weighted by Crippen LogP contribution is -2.17. The van der Waals surface area contributed by atoms with Gasteiger partial charge >= 0.3 is 12.7 Å². The molecule has 0 bridgehead atoms. The molecule has 0 unspecified atom stereocenters. The van der Waals surface area contributed by atoms with Gasteiger partial charge in [-0.2, -0.15) is 0 Å². The maximum atomic E-state index is 12.3. The van der Waals surface area contributed by atoms with E-state index in [4.69, 9.17) is 0 Å². The average molecular weight is 376 g/mol. The number of carbonyl (C=O) groups excluding carboxylic acids is 1. The van der Waals surface area contributed by atoms with Crippen LogP contribution in [0.15, 0.2) is 42.5 Å². The van der Waals surface area contributed by atoms with Crippen LogP contribution in [-0.4, -0.2) is 19.0 Å². The minimum atomic E-state index is -4.92. The Morgan fingerprint density at radius 1 is 0.692 bits per heavy atom. The molecule has 0 aliphatic rings. The molecule has 0 saturated carbocycles. The van der Waals surface area contributed by atoms with E-state index in [1.807, 2.05) is 0 Å². The Morgan fingerprint density at radius 3 is 1.85 bits per heavy atom. The molecule has 0 aliphatic heterocycles. The van der Waals surface area contributed by atoms with E-state index < -0.39 is 24.2 Å². The molecule has 0 atom stereocenters. The molecule has 2 aromatic carbocycles. The predicted octanol–water partition coefficient (Wildman–Crippen LogP) is 5.47. The summed E-state index contributed by atoms with van der Waals surface area (Å²) in [6.07, 6.45) is -6.75. The summed E-state index contributed by atoms with van der Waals surface area (Å²) in [6.45, 7) is 0. The zero-order chi connectivity index (χ0) is 19.4. The van der Waals surface area contributed by atoms with E-state index in [0.29, 0.717) is 11.8 Å². The summed E-state index contributed by atoms with van der Waals surface area (Å²) >= 11 is 0. The van der Waals surface area contributed by atoms with E-state index in [1.165, 1.54) is 30.4 Å². The second kappa shape index (κ2) is 7.51. The molecule has 0 fully saturated rings. The Kier molecular flexibility index (Phi) is 5.59. The molecule has 0 saturated heterocycles. The lowest BCUT2D eigenvalue weighted by molar-refractivity contribution is -0.275. The number of rotatable bonds is 5. The number of ether oxygens (including phenoxy) is 2. The second-order valence-corrected chi connectivity index (χ2v) is 4.95. The SMILES string of the molecule is O=Cc1cc(/C=C/c2cccc(OC(F)(F)F)c2)cc(OC(F)(F)F)c1. The van der Waals surface area contributed by atoms with Gasteiger partial charge in [-0.25, -0.2) is 0 Å². The van der Waals surface area contributed by atoms with Crippen molar-refractivity contribution in [2.24, 2.45) is 0 Å². The Morgan fingerprint density at radius 2 is 1.23 bits per heavy atom. The predicted molar refractivity (Wildman–Crippen MR) is 80.6 cm³/mol. The van der Waals surface area contributed by atoms with E-state index in [1.54, 1.807) is 0 Å². The zero-order valence-corrected chi connectivity index (χ0v) is 12.8. The number of benzene rings is 2. The van der Waals surface area contributed by atoms with Crippen molar-refractivity contribution in [3.05, 3.63) is 59.2 Å². The molecule has 0 aliphatic carbocycles. The summed E-state index contributed by atoms with van der Waals surface area (Å²) in [5, 5.41) is 0. The van der Waals surface area contributed by atoms with Crippen molar-refractivity contribution in [2.45, 2.75) is 12.7 Å². The summed E-state index contributed by atoms with van der Waals surface area (Å²) in [4.78, 5) is 10.8. The fourth-order valence-electron chi connectivity index (χ4n) is 2.01. The van der Waals surface area contributed by atoms with Crippen molar-refractivity contribution in [3.8, 4) is 11.5 Å². The Bertz CT molecular complexity index is 809. The number of aldehydes is 1. The van der Waals surface area contributed by atoms with Crippen LogP contribution in [0.4, 0.5) is 26.3 Å². The summed E-state index contributed by atoms with van der Waals surface area (Å²) in [5.41, 5.74) is 0.443. The van der Waals surface area contributed by atoms with Gasteiger partial charge in [0.1, 0.15) is 17.8 Å². The van der Waals surface area contributed by atoms with Crippen LogP contribution in [0.2, 0.25) is 0 Å². The summed E-state index contributed by atoms with van der Waals surface area (Å²) in [7, 11) is 0. The van der Waals surface area contributed by atoms with Crippen molar-refractivity contribution in [1.29, 1.82) is 0 Å². The van der Waals surface area contributed by atoms with E-state index in [9.17, 15) is 31.1 Å². The molecule has 2 rings (SSSR count). The molecule has 9 heteroatoms. The van der Waals surface area contributed by atoms with Gasteiger partial charge in [0.15, 0.2) is 0 Å². The molecule has 26 heavy (non-hydrogen) atoms. The van der Waals surface area contributed by atoms with Crippen LogP contribution in [0.1, 0.15) is 21.5 Å². The average Bonchev–Trinajstić information content (AvgIpc) is 2.49. The van der Waals surface area contributed by atoms with Gasteiger partial charge in [0.2, 0.25) is 0 Å². The quantitative estimate of drug-likeness (QED) is 0.395. The first-order chi connectivity index (χ1) is 12.0. The van der Waals surface area contributed by atoms with Gasteiger partial charge in [-0.05, 0) is 41.5 Å². The Labute approximate surface area is 143 Å². The van der Waals surface area contributed by atoms with Gasteiger partial charge in [-0.3, -0.25) is 4.79 Å². The molecule has 0 spiro atoms. The van der Waals surface area contributed by atoms with Crippen LogP contribution in [0.5, 0.6) is 11.5 Å². The minimum absolute atomic E-state index is 0.0550. The normalized spacial score (nSPS) is 12.2. The highest BCUT2D eigenvalue weighted by molar-refractivity contribution is 5.79. The molecule has 0 N–H and O–H groups in total. The molecule has 3 nitrogen and oxygen atoms in total. The van der Waals surface area contributed by atoms with Crippen LogP contribution >= 0.6 is 0 Å². The highest BCUT2D eigenvalue weighted by Gasteiger charge is 2.31. The molecule has 0 aromatic heterocycles. The van der Waals surface area contributed by atoms with Crippen LogP contribution < -0.4 is 9.47 Å². The van der Waals surface area contributed by atoms with E-state index in [-0.39, 0.29) is 11.1 Å². The number of hydrogen-bond acceptors (Lipinski definition) is 3. The maximum Gasteiger partial charge on any atom is 0.573 e. The fourth-order valence-corrected chi connectivity index (χ4v) is 2.01. The summed E-state index contributed by atoms with van der Waals surface area (Å²) in [5.74, 6) is -1.03. The van der Waals surface area contributed by atoms with Gasteiger partial charge < -0.3 is 9.47 Å². The first-order valence-electron chi connectivity index (χ1n) is 6.94. The van der Waals surface area contributed by atoms with Crippen LogP contribution in [0.25, 0.3) is 12.2 Å². The maximum absolute atomic E-state index is 12.3. The first kappa shape index (κ1) is 19.4. The first-order valence-corrected chi connectivity index (χ1v) is 6.94. The van der Waals surface area contributed by atoms with Gasteiger partial charge in [-0.1, -0.05) is 24.3 Å². The second-order valence-electron chi connectivity index (χ2n) is 4.95. The molecular formula is C17H10F6O3. The lowest BCUT2D eigenvalue weighted by atomic mass is 10.1. The van der Waals surface area contributed by atoms with Crippen LogP contribution in [0.3, 0.4) is 0 Å². The number of halogens is 6. The highest BCUT2D eigenvalue weighted by atomic mass is 19.4. The molecule has 2 aromatic rings. The number of hydrogen-bond donors (Lipinski definition) is 0. The Hall–Kier alpha value is -2.97. The minimum Gasteiger partial charge on any atom is -0.406 e. The number of carbonyl (C=O) groups is 1. The summed E-state index contributed by atoms with van der Waals surface area (Å²) < 4.78 is 81.1. The smallest absolute Gasteiger partial charge is 0.406 e. The molecule has 138 valence electrons. The van der Waals surface area contributed by atoms with Crippen molar-refractivity contribution in [3.63, 3.8) is 0 Å². The topological polar surface area (TPSA) is 35.5 Å². The highest BCUT2D eigenvalue weighted by Crippen LogP contribution is 2.27. The fraction of sp³-hybridized carbons (Fsp3) is 0.118. The van der Waals surface area contributed by atoms with Crippen molar-refractivity contribution in [2.75, 3.05) is 0 Å². The van der Waals surface area contributed by atoms with Gasteiger partial charge in [0.05, 0.1) is 0 Å². The van der Waals surface area contributed by atoms with Gasteiger partial charge in [-0.15, -0.1) is 26.3 Å². The third-order valence-corrected chi connectivity index (χ3v) is 2.88. The van der Waals surface area contributed by atoms with Crippen molar-refractivity contribution < 1.29 is 40.6 Å². The molecule has 0 amide bonds. The third-order valence-electron chi connectivity index (χ3n) is 2.88. The van der Waals surface area contributed by atoms with Crippen molar-refractivity contribution in [1.82, 2.24) is 0 Å². The van der Waals surface area contributed by atoms with Gasteiger partial charge in [0, 0.05) is 5.56 Å². The van der Waals surface area contributed by atoms with Gasteiger partial charge in [0.25, 0.3) is 0 Å². The van der Waals surface area contributed by atoms with E-state index >= 15 is 0 Å². The molecule has 0 heterocycles. The largest absolute Gasteiger partial charge is 0.573 e. The van der Waals surface area contributed by atoms with Crippen LogP contribution in [-0.2, 0) is 0 Å². The standard InChI is InChI=1S/C17H10F6O3/c18-16(19,20)25-14-3-1-2-11(7-14)4-5-12-6-13(10-24)9-15(8-12)26-17(21,22)23/h1-10H/b5-4+. The third kappa shape index (κ3) is 6.50. The van der Waals surface area contributed by atoms with E-state index in [2.05, 4.69) is 9.47 Å². The number of alkyl halides is 6. The summed E-state index contributed by atoms with van der Waals surface area (Å²) in [6, 6.07) is 8.23.